The van der Waals surface area contributed by atoms with Gasteiger partial charge < -0.3 is 9.47 Å². The largest absolute Gasteiger partial charge is 0.496 e. The Hall–Kier alpha value is -3.15. The van der Waals surface area contributed by atoms with E-state index in [0.29, 0.717) is 5.75 Å². The van der Waals surface area contributed by atoms with Gasteiger partial charge in [-0.1, -0.05) is 62.7 Å². The van der Waals surface area contributed by atoms with Crippen LogP contribution >= 0.6 is 0 Å². The molecule has 6 heteroatoms. The fourth-order valence-electron chi connectivity index (χ4n) is 2.88. The van der Waals surface area contributed by atoms with E-state index in [1.807, 2.05) is 44.2 Å². The monoisotopic (exact) mass is 383 g/mol. The first-order valence-electron chi connectivity index (χ1n) is 9.16. The summed E-state index contributed by atoms with van der Waals surface area (Å²) in [5.74, 6) is -1.86. The van der Waals surface area contributed by atoms with Crippen LogP contribution in [0.2, 0.25) is 0 Å². The highest BCUT2D eigenvalue weighted by atomic mass is 16.5. The number of hydrogen-bond donors (Lipinski definition) is 1. The van der Waals surface area contributed by atoms with Crippen molar-refractivity contribution in [2.45, 2.75) is 26.2 Å². The van der Waals surface area contributed by atoms with Crippen LogP contribution in [-0.2, 0) is 14.3 Å². The average Bonchev–Trinajstić information content (AvgIpc) is 2.72. The number of benzene rings is 2. The number of nitrogens with one attached hydrogen (secondary N) is 1. The molecule has 0 aliphatic rings. The number of amides is 2. The van der Waals surface area contributed by atoms with E-state index in [0.717, 1.165) is 12.0 Å². The first-order chi connectivity index (χ1) is 13.5. The van der Waals surface area contributed by atoms with Crippen molar-refractivity contribution < 1.29 is 23.9 Å². The fourth-order valence-corrected chi connectivity index (χ4v) is 2.88. The van der Waals surface area contributed by atoms with Gasteiger partial charge in [-0.15, -0.1) is 0 Å². The van der Waals surface area contributed by atoms with Gasteiger partial charge in [0.1, 0.15) is 5.75 Å². The normalized spacial score (nSPS) is 12.5. The van der Waals surface area contributed by atoms with Gasteiger partial charge in [-0.3, -0.25) is 19.7 Å². The Morgan fingerprint density at radius 2 is 1.64 bits per heavy atom. The quantitative estimate of drug-likeness (QED) is 0.707. The van der Waals surface area contributed by atoms with Gasteiger partial charge in [0.2, 0.25) is 0 Å². The molecular formula is C22H25NO5. The van der Waals surface area contributed by atoms with Gasteiger partial charge in [0.25, 0.3) is 11.8 Å². The second-order valence-corrected chi connectivity index (χ2v) is 6.46. The number of methoxy groups -OCH3 is 1. The maximum atomic E-state index is 12.6. The standard InChI is InChI=1S/C22H25NO5/c1-4-15(2)20(16-10-6-5-7-11-16)22(26)28-14-19(24)23-21(25)17-12-8-9-13-18(17)27-3/h5-13,15,20H,4,14H2,1-3H3,(H,23,24,25)/t15-,20+/m0/s1. The van der Waals surface area contributed by atoms with E-state index >= 15 is 0 Å². The number of carbonyl (C=O) groups excluding carboxylic acids is 3. The Balaban J connectivity index is 1.98. The molecule has 2 aromatic carbocycles. The van der Waals surface area contributed by atoms with Crippen molar-refractivity contribution in [1.29, 1.82) is 0 Å². The predicted octanol–water partition coefficient (Wildman–Crippen LogP) is 3.32. The third-order valence-electron chi connectivity index (χ3n) is 4.58. The molecule has 0 saturated carbocycles. The molecule has 0 aliphatic carbocycles. The third-order valence-corrected chi connectivity index (χ3v) is 4.58. The fraction of sp³-hybridized carbons (Fsp3) is 0.318. The lowest BCUT2D eigenvalue weighted by molar-refractivity contribution is -0.151. The zero-order valence-electron chi connectivity index (χ0n) is 16.3. The lowest BCUT2D eigenvalue weighted by atomic mass is 9.86. The molecule has 6 nitrogen and oxygen atoms in total. The molecule has 2 amide bonds. The SMILES string of the molecule is CC[C@H](C)[C@@H](C(=O)OCC(=O)NC(=O)c1ccccc1OC)c1ccccc1. The summed E-state index contributed by atoms with van der Waals surface area (Å²) in [4.78, 5) is 36.9. The van der Waals surface area contributed by atoms with Crippen LogP contribution in [-0.4, -0.2) is 31.5 Å². The van der Waals surface area contributed by atoms with Crippen molar-refractivity contribution in [2.24, 2.45) is 5.92 Å². The van der Waals surface area contributed by atoms with E-state index in [2.05, 4.69) is 5.32 Å². The summed E-state index contributed by atoms with van der Waals surface area (Å²) in [5.41, 5.74) is 1.07. The number of ether oxygens (including phenoxy) is 2. The summed E-state index contributed by atoms with van der Waals surface area (Å²) in [7, 11) is 1.44. The first-order valence-corrected chi connectivity index (χ1v) is 9.16. The minimum absolute atomic E-state index is 0.0492. The smallest absolute Gasteiger partial charge is 0.314 e. The lowest BCUT2D eigenvalue weighted by Gasteiger charge is -2.21. The summed E-state index contributed by atoms with van der Waals surface area (Å²) in [6.07, 6.45) is 0.785. The van der Waals surface area contributed by atoms with E-state index in [1.54, 1.807) is 24.3 Å². The highest BCUT2D eigenvalue weighted by Crippen LogP contribution is 2.28. The van der Waals surface area contributed by atoms with Crippen LogP contribution in [0.15, 0.2) is 54.6 Å². The van der Waals surface area contributed by atoms with Crippen molar-refractivity contribution in [1.82, 2.24) is 5.32 Å². The highest BCUT2D eigenvalue weighted by molar-refractivity contribution is 6.06. The van der Waals surface area contributed by atoms with Gasteiger partial charge in [0, 0.05) is 0 Å². The van der Waals surface area contributed by atoms with Crippen LogP contribution in [0.4, 0.5) is 0 Å². The second-order valence-electron chi connectivity index (χ2n) is 6.46. The topological polar surface area (TPSA) is 81.7 Å². The molecule has 0 fully saturated rings. The van der Waals surface area contributed by atoms with E-state index in [1.165, 1.54) is 7.11 Å². The van der Waals surface area contributed by atoms with Crippen molar-refractivity contribution in [3.8, 4) is 5.75 Å². The molecule has 0 saturated heterocycles. The molecule has 0 radical (unpaired) electrons. The summed E-state index contributed by atoms with van der Waals surface area (Å²) in [6.45, 7) is 3.43. The molecule has 0 aliphatic heterocycles. The maximum absolute atomic E-state index is 12.6. The van der Waals surface area contributed by atoms with Crippen LogP contribution in [0.25, 0.3) is 0 Å². The summed E-state index contributed by atoms with van der Waals surface area (Å²) in [6, 6.07) is 15.9. The molecular weight excluding hydrogens is 358 g/mol. The molecule has 148 valence electrons. The number of imide groups is 1. The number of hydrogen-bond acceptors (Lipinski definition) is 5. The van der Waals surface area contributed by atoms with Crippen LogP contribution in [0, 0.1) is 5.92 Å². The summed E-state index contributed by atoms with van der Waals surface area (Å²) in [5, 5.41) is 2.21. The zero-order chi connectivity index (χ0) is 20.5. The maximum Gasteiger partial charge on any atom is 0.314 e. The Morgan fingerprint density at radius 3 is 2.29 bits per heavy atom. The van der Waals surface area contributed by atoms with E-state index < -0.39 is 30.3 Å². The van der Waals surface area contributed by atoms with Gasteiger partial charge in [0.15, 0.2) is 6.61 Å². The lowest BCUT2D eigenvalue weighted by Crippen LogP contribution is -2.35. The molecule has 0 spiro atoms. The Bertz CT molecular complexity index is 819. The zero-order valence-corrected chi connectivity index (χ0v) is 16.3. The minimum Gasteiger partial charge on any atom is -0.496 e. The average molecular weight is 383 g/mol. The molecule has 2 aromatic rings. The van der Waals surface area contributed by atoms with Gasteiger partial charge >= 0.3 is 5.97 Å². The number of rotatable bonds is 8. The molecule has 0 unspecified atom stereocenters. The number of esters is 1. The molecule has 0 bridgehead atoms. The molecule has 1 N–H and O–H groups in total. The Morgan fingerprint density at radius 1 is 1.00 bits per heavy atom. The molecule has 0 aromatic heterocycles. The number of para-hydroxylation sites is 1. The Kier molecular flexibility index (Phi) is 7.75. The van der Waals surface area contributed by atoms with Crippen LogP contribution in [0.1, 0.15) is 42.1 Å². The van der Waals surface area contributed by atoms with Gasteiger partial charge in [-0.2, -0.15) is 0 Å². The van der Waals surface area contributed by atoms with E-state index in [-0.39, 0.29) is 11.5 Å². The second kappa shape index (κ2) is 10.3. The van der Waals surface area contributed by atoms with Crippen molar-refractivity contribution in [3.63, 3.8) is 0 Å². The van der Waals surface area contributed by atoms with Gasteiger partial charge in [-0.05, 0) is 23.6 Å². The van der Waals surface area contributed by atoms with Gasteiger partial charge in [-0.25, -0.2) is 0 Å². The minimum atomic E-state index is -0.694. The predicted molar refractivity (Wildman–Crippen MR) is 105 cm³/mol. The highest BCUT2D eigenvalue weighted by Gasteiger charge is 2.28. The summed E-state index contributed by atoms with van der Waals surface area (Å²) >= 11 is 0. The molecule has 28 heavy (non-hydrogen) atoms. The summed E-state index contributed by atoms with van der Waals surface area (Å²) < 4.78 is 10.3. The van der Waals surface area contributed by atoms with E-state index in [4.69, 9.17) is 9.47 Å². The van der Waals surface area contributed by atoms with Crippen LogP contribution in [0.5, 0.6) is 5.75 Å². The van der Waals surface area contributed by atoms with Crippen molar-refractivity contribution in [2.75, 3.05) is 13.7 Å². The van der Waals surface area contributed by atoms with Crippen LogP contribution in [0.3, 0.4) is 0 Å². The molecule has 2 atom stereocenters. The number of carbonyl (C=O) groups is 3. The Labute approximate surface area is 164 Å². The van der Waals surface area contributed by atoms with Gasteiger partial charge in [0.05, 0.1) is 18.6 Å². The van der Waals surface area contributed by atoms with E-state index in [9.17, 15) is 14.4 Å². The van der Waals surface area contributed by atoms with Crippen LogP contribution < -0.4 is 10.1 Å². The van der Waals surface area contributed by atoms with Crippen molar-refractivity contribution >= 4 is 17.8 Å². The third kappa shape index (κ3) is 5.42. The first kappa shape index (κ1) is 21.2. The van der Waals surface area contributed by atoms with Crippen molar-refractivity contribution in [3.05, 3.63) is 65.7 Å². The molecule has 0 heterocycles. The molecule has 2 rings (SSSR count).